The summed E-state index contributed by atoms with van der Waals surface area (Å²) < 4.78 is 0. The van der Waals surface area contributed by atoms with Crippen LogP contribution in [0.15, 0.2) is 36.4 Å². The number of nitrogens with two attached hydrogens (primary N) is 1. The Kier molecular flexibility index (Phi) is 5.15. The molecule has 126 valence electrons. The van der Waals surface area contributed by atoms with E-state index in [-0.39, 0.29) is 17.8 Å². The van der Waals surface area contributed by atoms with Crippen LogP contribution >= 0.6 is 11.6 Å². The zero-order valence-electron chi connectivity index (χ0n) is 13.3. The van der Waals surface area contributed by atoms with Crippen molar-refractivity contribution in [2.75, 3.05) is 30.7 Å². The van der Waals surface area contributed by atoms with Gasteiger partial charge in [-0.3, -0.25) is 4.79 Å². The van der Waals surface area contributed by atoms with Gasteiger partial charge >= 0.3 is 0 Å². The molecule has 1 fully saturated rings. The Morgan fingerprint density at radius 1 is 1.29 bits per heavy atom. The highest BCUT2D eigenvalue weighted by atomic mass is 35.5. The molecule has 2 aromatic rings. The zero-order valence-corrected chi connectivity index (χ0v) is 14.0. The maximum atomic E-state index is 12.2. The third-order valence-electron chi connectivity index (χ3n) is 4.09. The van der Waals surface area contributed by atoms with Crippen molar-refractivity contribution < 1.29 is 4.79 Å². The van der Waals surface area contributed by atoms with E-state index in [0.717, 1.165) is 19.5 Å². The normalized spacial score (nSPS) is 17.3. The van der Waals surface area contributed by atoms with E-state index < -0.39 is 0 Å². The summed E-state index contributed by atoms with van der Waals surface area (Å²) in [6.45, 7) is 2.17. The molecule has 7 heteroatoms. The molecule has 1 saturated heterocycles. The average Bonchev–Trinajstić information content (AvgIpc) is 2.91. The zero-order chi connectivity index (χ0) is 16.9. The lowest BCUT2D eigenvalue weighted by molar-refractivity contribution is -0.127. The summed E-state index contributed by atoms with van der Waals surface area (Å²) in [5.74, 6) is 1.18. The summed E-state index contributed by atoms with van der Waals surface area (Å²) in [6.07, 6.45) is 1.43. The van der Waals surface area contributed by atoms with Gasteiger partial charge < -0.3 is 16.0 Å². The number of benzene rings is 1. The Labute approximate surface area is 146 Å². The summed E-state index contributed by atoms with van der Waals surface area (Å²) in [5, 5.41) is 3.49. The lowest BCUT2D eigenvalue weighted by Gasteiger charge is -2.17. The molecule has 1 atom stereocenters. The van der Waals surface area contributed by atoms with E-state index in [1.54, 1.807) is 6.07 Å². The van der Waals surface area contributed by atoms with Gasteiger partial charge in [0.25, 0.3) is 0 Å². The van der Waals surface area contributed by atoms with Gasteiger partial charge in [0.2, 0.25) is 11.9 Å². The highest BCUT2D eigenvalue weighted by Crippen LogP contribution is 2.20. The standard InChI is InChI=1S/C17H20ClN5O/c18-14-9-15(22-17(19)21-14)20-10-13-8-16(24)23(11-13)7-6-12-4-2-1-3-5-12/h1-5,9,13H,6-8,10-11H2,(H3,19,20,21,22). The highest BCUT2D eigenvalue weighted by molar-refractivity contribution is 6.29. The SMILES string of the molecule is Nc1nc(Cl)cc(NCC2CC(=O)N(CCc3ccccc3)C2)n1. The molecule has 0 saturated carbocycles. The van der Waals surface area contributed by atoms with Crippen molar-refractivity contribution in [2.45, 2.75) is 12.8 Å². The van der Waals surface area contributed by atoms with Crippen LogP contribution in [0.25, 0.3) is 0 Å². The number of nitrogens with one attached hydrogen (secondary N) is 1. The van der Waals surface area contributed by atoms with Crippen molar-refractivity contribution in [3.05, 3.63) is 47.1 Å². The molecule has 2 heterocycles. The van der Waals surface area contributed by atoms with Crippen molar-refractivity contribution in [2.24, 2.45) is 5.92 Å². The Balaban J connectivity index is 1.49. The molecule has 0 bridgehead atoms. The highest BCUT2D eigenvalue weighted by Gasteiger charge is 2.29. The monoisotopic (exact) mass is 345 g/mol. The van der Waals surface area contributed by atoms with Crippen LogP contribution in [0.2, 0.25) is 5.15 Å². The van der Waals surface area contributed by atoms with Crippen molar-refractivity contribution in [1.82, 2.24) is 14.9 Å². The predicted molar refractivity (Wildman–Crippen MR) is 94.8 cm³/mol. The fraction of sp³-hybridized carbons (Fsp3) is 0.353. The van der Waals surface area contributed by atoms with Crippen LogP contribution in [0.3, 0.4) is 0 Å². The predicted octanol–water partition coefficient (Wildman–Crippen LogP) is 2.22. The lowest BCUT2D eigenvalue weighted by Crippen LogP contribution is -2.28. The molecule has 0 radical (unpaired) electrons. The molecular weight excluding hydrogens is 326 g/mol. The lowest BCUT2D eigenvalue weighted by atomic mass is 10.1. The first-order chi connectivity index (χ1) is 11.6. The van der Waals surface area contributed by atoms with Crippen molar-refractivity contribution >= 4 is 29.3 Å². The largest absolute Gasteiger partial charge is 0.370 e. The van der Waals surface area contributed by atoms with Crippen LogP contribution in [0.4, 0.5) is 11.8 Å². The van der Waals surface area contributed by atoms with E-state index in [2.05, 4.69) is 27.4 Å². The number of likely N-dealkylation sites (tertiary alicyclic amines) is 1. The van der Waals surface area contributed by atoms with Gasteiger partial charge in [-0.1, -0.05) is 41.9 Å². The average molecular weight is 346 g/mol. The van der Waals surface area contributed by atoms with E-state index >= 15 is 0 Å². The van der Waals surface area contributed by atoms with Crippen LogP contribution < -0.4 is 11.1 Å². The van der Waals surface area contributed by atoms with Gasteiger partial charge in [-0.25, -0.2) is 4.98 Å². The van der Waals surface area contributed by atoms with Crippen LogP contribution in [-0.4, -0.2) is 40.4 Å². The molecule has 0 spiro atoms. The molecular formula is C17H20ClN5O. The van der Waals surface area contributed by atoms with Gasteiger partial charge in [-0.15, -0.1) is 0 Å². The number of hydrogen-bond donors (Lipinski definition) is 2. The Morgan fingerprint density at radius 2 is 2.08 bits per heavy atom. The summed E-state index contributed by atoms with van der Waals surface area (Å²) in [7, 11) is 0. The fourth-order valence-corrected chi connectivity index (χ4v) is 3.08. The second-order valence-corrected chi connectivity index (χ2v) is 6.35. The quantitative estimate of drug-likeness (QED) is 0.784. The number of amides is 1. The van der Waals surface area contributed by atoms with E-state index in [9.17, 15) is 4.79 Å². The topological polar surface area (TPSA) is 84.1 Å². The third-order valence-corrected chi connectivity index (χ3v) is 4.29. The maximum Gasteiger partial charge on any atom is 0.223 e. The van der Waals surface area contributed by atoms with E-state index in [4.69, 9.17) is 17.3 Å². The summed E-state index contributed by atoms with van der Waals surface area (Å²) in [5.41, 5.74) is 6.82. The fourth-order valence-electron chi connectivity index (χ4n) is 2.89. The number of carbonyl (C=O) groups is 1. The summed E-state index contributed by atoms with van der Waals surface area (Å²) in [4.78, 5) is 22.0. The van der Waals surface area contributed by atoms with E-state index in [0.29, 0.717) is 23.9 Å². The molecule has 0 aliphatic carbocycles. The number of anilines is 2. The first-order valence-corrected chi connectivity index (χ1v) is 8.33. The van der Waals surface area contributed by atoms with Crippen LogP contribution in [0, 0.1) is 5.92 Å². The van der Waals surface area contributed by atoms with Gasteiger partial charge in [0, 0.05) is 38.0 Å². The Bertz CT molecular complexity index is 689. The molecule has 1 amide bonds. The number of aromatic nitrogens is 2. The second-order valence-electron chi connectivity index (χ2n) is 5.96. The molecule has 1 aliphatic rings. The molecule has 1 aliphatic heterocycles. The van der Waals surface area contributed by atoms with Crippen LogP contribution in [-0.2, 0) is 11.2 Å². The van der Waals surface area contributed by atoms with Gasteiger partial charge in [-0.2, -0.15) is 4.98 Å². The minimum Gasteiger partial charge on any atom is -0.370 e. The number of rotatable bonds is 6. The smallest absolute Gasteiger partial charge is 0.223 e. The minimum absolute atomic E-state index is 0.136. The molecule has 1 aromatic heterocycles. The van der Waals surface area contributed by atoms with Crippen molar-refractivity contribution in [1.29, 1.82) is 0 Å². The molecule has 3 rings (SSSR count). The molecule has 24 heavy (non-hydrogen) atoms. The van der Waals surface area contributed by atoms with Crippen molar-refractivity contribution in [3.63, 3.8) is 0 Å². The van der Waals surface area contributed by atoms with Gasteiger partial charge in [-0.05, 0) is 12.0 Å². The number of carbonyl (C=O) groups excluding carboxylic acids is 1. The summed E-state index contributed by atoms with van der Waals surface area (Å²) >= 11 is 5.86. The van der Waals surface area contributed by atoms with Crippen LogP contribution in [0.5, 0.6) is 0 Å². The van der Waals surface area contributed by atoms with Crippen LogP contribution in [0.1, 0.15) is 12.0 Å². The molecule has 1 unspecified atom stereocenters. The van der Waals surface area contributed by atoms with Gasteiger partial charge in [0.05, 0.1) is 0 Å². The van der Waals surface area contributed by atoms with Crippen molar-refractivity contribution in [3.8, 4) is 0 Å². The Hall–Kier alpha value is -2.34. The third kappa shape index (κ3) is 4.35. The van der Waals surface area contributed by atoms with E-state index in [1.165, 1.54) is 5.56 Å². The molecule has 3 N–H and O–H groups in total. The maximum absolute atomic E-state index is 12.2. The molecule has 1 aromatic carbocycles. The summed E-state index contributed by atoms with van der Waals surface area (Å²) in [6, 6.07) is 11.8. The molecule has 6 nitrogen and oxygen atoms in total. The van der Waals surface area contributed by atoms with E-state index in [1.807, 2.05) is 23.1 Å². The number of nitrogens with zero attached hydrogens (tertiary/aromatic N) is 3. The van der Waals surface area contributed by atoms with Gasteiger partial charge in [0.15, 0.2) is 0 Å². The Morgan fingerprint density at radius 3 is 2.83 bits per heavy atom. The van der Waals surface area contributed by atoms with Gasteiger partial charge in [0.1, 0.15) is 11.0 Å². The minimum atomic E-state index is 0.136. The number of halogens is 1. The first-order valence-electron chi connectivity index (χ1n) is 7.96. The number of nitrogen functional groups attached to an aromatic ring is 1. The number of hydrogen-bond acceptors (Lipinski definition) is 5. The second kappa shape index (κ2) is 7.49. The first kappa shape index (κ1) is 16.5.